The van der Waals surface area contributed by atoms with E-state index in [1.165, 1.54) is 24.3 Å². The second kappa shape index (κ2) is 6.26. The van der Waals surface area contributed by atoms with Crippen molar-refractivity contribution in [3.63, 3.8) is 0 Å². The van der Waals surface area contributed by atoms with Crippen molar-refractivity contribution in [3.8, 4) is 0 Å². The van der Waals surface area contributed by atoms with E-state index in [-0.39, 0.29) is 10.5 Å². The summed E-state index contributed by atoms with van der Waals surface area (Å²) in [5.41, 5.74) is 1.08. The molecule has 7 nitrogen and oxygen atoms in total. The molecule has 0 saturated carbocycles. The number of fused-ring (bicyclic) bond motifs is 1. The molecular weight excluding hydrogens is 330 g/mol. The number of aromatic nitrogens is 1. The van der Waals surface area contributed by atoms with Crippen LogP contribution >= 0.6 is 0 Å². The van der Waals surface area contributed by atoms with Gasteiger partial charge in [0.1, 0.15) is 0 Å². The van der Waals surface area contributed by atoms with Gasteiger partial charge in [-0.25, -0.2) is 13.2 Å². The van der Waals surface area contributed by atoms with Crippen LogP contribution in [0.2, 0.25) is 0 Å². The predicted molar refractivity (Wildman–Crippen MR) is 88.6 cm³/mol. The Morgan fingerprint density at radius 1 is 1.04 bits per heavy atom. The molecule has 0 unspecified atom stereocenters. The van der Waals surface area contributed by atoms with Crippen LogP contribution in [0.3, 0.4) is 0 Å². The smallest absolute Gasteiger partial charge is 0.356 e. The quantitative estimate of drug-likeness (QED) is 0.702. The minimum absolute atomic E-state index is 0.00371. The fourth-order valence-corrected chi connectivity index (χ4v) is 3.29. The van der Waals surface area contributed by atoms with Gasteiger partial charge >= 0.3 is 5.97 Å². The number of nitrogens with two attached hydrogens (primary N) is 1. The number of hydrogen-bond acceptors (Lipinski definition) is 6. The van der Waals surface area contributed by atoms with Crippen LogP contribution in [-0.4, -0.2) is 19.4 Å². The topological polar surface area (TPSA) is 111 Å². The van der Waals surface area contributed by atoms with Crippen LogP contribution in [0.15, 0.2) is 65.7 Å². The normalized spacial score (nSPS) is 11.2. The lowest BCUT2D eigenvalue weighted by Gasteiger charge is -2.10. The van der Waals surface area contributed by atoms with E-state index in [0.717, 1.165) is 5.39 Å². The number of pyridine rings is 1. The van der Waals surface area contributed by atoms with Crippen molar-refractivity contribution >= 4 is 32.6 Å². The molecule has 3 aromatic rings. The van der Waals surface area contributed by atoms with Crippen LogP contribution in [0, 0.1) is 0 Å². The first-order valence-corrected chi connectivity index (χ1v) is 8.37. The number of benzene rings is 2. The molecule has 122 valence electrons. The second-order valence-electron chi connectivity index (χ2n) is 4.92. The third-order valence-corrected chi connectivity index (χ3v) is 4.77. The molecule has 3 rings (SSSR count). The van der Waals surface area contributed by atoms with E-state index >= 15 is 0 Å². The first-order chi connectivity index (χ1) is 11.5. The number of hydrogen-bond donors (Lipinski definition) is 2. The first-order valence-electron chi connectivity index (χ1n) is 6.89. The average molecular weight is 343 g/mol. The molecule has 0 fully saturated rings. The molecule has 3 N–H and O–H groups in total. The number of sulfonamides is 1. The molecule has 0 amide bonds. The highest BCUT2D eigenvalue weighted by molar-refractivity contribution is 7.92. The van der Waals surface area contributed by atoms with Gasteiger partial charge in [0.05, 0.1) is 21.7 Å². The van der Waals surface area contributed by atoms with E-state index in [1.807, 2.05) is 12.1 Å². The SMILES string of the molecule is NOC(=O)c1ccc(S(=O)(=O)Nc2cccc3cccnc23)cc1. The standard InChI is InChI=1S/C16H13N3O4S/c17-23-16(20)12-6-8-13(9-7-12)24(21,22)19-14-5-1-3-11-4-2-10-18-15(11)14/h1-10,19H,17H2. The van der Waals surface area contributed by atoms with E-state index in [1.54, 1.807) is 24.4 Å². The molecule has 0 saturated heterocycles. The van der Waals surface area contributed by atoms with E-state index in [2.05, 4.69) is 14.5 Å². The van der Waals surface area contributed by atoms with Gasteiger partial charge in [0.2, 0.25) is 0 Å². The monoisotopic (exact) mass is 343 g/mol. The highest BCUT2D eigenvalue weighted by atomic mass is 32.2. The summed E-state index contributed by atoms with van der Waals surface area (Å²) in [4.78, 5) is 19.6. The Labute approximate surface area is 138 Å². The number of carbonyl (C=O) groups excluding carboxylic acids is 1. The molecule has 0 bridgehead atoms. The minimum Gasteiger partial charge on any atom is -0.370 e. The lowest BCUT2D eigenvalue weighted by atomic mass is 10.2. The van der Waals surface area contributed by atoms with Crippen molar-refractivity contribution in [2.75, 3.05) is 4.72 Å². The molecular formula is C16H13N3O4S. The highest BCUT2D eigenvalue weighted by Crippen LogP contribution is 2.24. The minimum atomic E-state index is -3.83. The van der Waals surface area contributed by atoms with Crippen molar-refractivity contribution in [1.29, 1.82) is 0 Å². The Kier molecular flexibility index (Phi) is 4.15. The highest BCUT2D eigenvalue weighted by Gasteiger charge is 2.17. The maximum absolute atomic E-state index is 12.5. The molecule has 0 aliphatic heterocycles. The van der Waals surface area contributed by atoms with E-state index in [0.29, 0.717) is 11.2 Å². The zero-order valence-electron chi connectivity index (χ0n) is 12.3. The van der Waals surface area contributed by atoms with Crippen molar-refractivity contribution in [2.24, 2.45) is 5.90 Å². The molecule has 0 aliphatic carbocycles. The summed E-state index contributed by atoms with van der Waals surface area (Å²) in [5.74, 6) is 4.05. The van der Waals surface area contributed by atoms with Crippen molar-refractivity contribution in [1.82, 2.24) is 4.98 Å². The van der Waals surface area contributed by atoms with Crippen LogP contribution in [0.5, 0.6) is 0 Å². The molecule has 0 radical (unpaired) electrons. The largest absolute Gasteiger partial charge is 0.370 e. The third-order valence-electron chi connectivity index (χ3n) is 3.38. The summed E-state index contributed by atoms with van der Waals surface area (Å²) in [7, 11) is -3.83. The third kappa shape index (κ3) is 3.05. The summed E-state index contributed by atoms with van der Waals surface area (Å²) >= 11 is 0. The summed E-state index contributed by atoms with van der Waals surface area (Å²) in [6, 6.07) is 14.1. The second-order valence-corrected chi connectivity index (χ2v) is 6.60. The summed E-state index contributed by atoms with van der Waals surface area (Å²) in [5, 5.41) is 0.818. The number of nitrogens with one attached hydrogen (secondary N) is 1. The van der Waals surface area contributed by atoms with Gasteiger partial charge in [0, 0.05) is 11.6 Å². The Morgan fingerprint density at radius 2 is 1.75 bits per heavy atom. The van der Waals surface area contributed by atoms with Gasteiger partial charge < -0.3 is 4.84 Å². The maximum Gasteiger partial charge on any atom is 0.356 e. The Bertz CT molecular complexity index is 996. The molecule has 2 aromatic carbocycles. The maximum atomic E-state index is 12.5. The first kappa shape index (κ1) is 15.9. The summed E-state index contributed by atoms with van der Waals surface area (Å²) < 4.78 is 27.5. The molecule has 1 heterocycles. The fraction of sp³-hybridized carbons (Fsp3) is 0. The van der Waals surface area contributed by atoms with Gasteiger partial charge in [-0.05, 0) is 36.4 Å². The molecule has 0 spiro atoms. The van der Waals surface area contributed by atoms with E-state index < -0.39 is 16.0 Å². The molecule has 0 aliphatic rings. The molecule has 1 aromatic heterocycles. The Balaban J connectivity index is 1.95. The Hall–Kier alpha value is -2.97. The van der Waals surface area contributed by atoms with Crippen molar-refractivity contribution in [3.05, 3.63) is 66.4 Å². The number of carbonyl (C=O) groups is 1. The van der Waals surface area contributed by atoms with Gasteiger partial charge in [-0.1, -0.05) is 18.2 Å². The zero-order valence-corrected chi connectivity index (χ0v) is 13.2. The lowest BCUT2D eigenvalue weighted by Crippen LogP contribution is -2.14. The number of para-hydroxylation sites is 1. The molecule has 0 atom stereocenters. The van der Waals surface area contributed by atoms with Gasteiger partial charge in [-0.15, -0.1) is 0 Å². The number of rotatable bonds is 4. The van der Waals surface area contributed by atoms with Crippen LogP contribution in [0.25, 0.3) is 10.9 Å². The zero-order chi connectivity index (χ0) is 17.2. The molecule has 8 heteroatoms. The fourth-order valence-electron chi connectivity index (χ4n) is 2.23. The van der Waals surface area contributed by atoms with E-state index in [9.17, 15) is 13.2 Å². The van der Waals surface area contributed by atoms with Crippen molar-refractivity contribution < 1.29 is 18.0 Å². The van der Waals surface area contributed by atoms with Gasteiger partial charge in [0.15, 0.2) is 0 Å². The number of nitrogens with zero attached hydrogens (tertiary/aromatic N) is 1. The summed E-state index contributed by atoms with van der Waals surface area (Å²) in [6.07, 6.45) is 1.59. The predicted octanol–water partition coefficient (Wildman–Crippen LogP) is 2.07. The van der Waals surface area contributed by atoms with Gasteiger partial charge in [0.25, 0.3) is 10.0 Å². The average Bonchev–Trinajstić information content (AvgIpc) is 2.61. The van der Waals surface area contributed by atoms with Crippen LogP contribution in [-0.2, 0) is 14.9 Å². The van der Waals surface area contributed by atoms with Crippen LogP contribution in [0.1, 0.15) is 10.4 Å². The van der Waals surface area contributed by atoms with Crippen LogP contribution < -0.4 is 10.6 Å². The van der Waals surface area contributed by atoms with Gasteiger partial charge in [-0.2, -0.15) is 5.90 Å². The molecule has 24 heavy (non-hydrogen) atoms. The van der Waals surface area contributed by atoms with Crippen LogP contribution in [0.4, 0.5) is 5.69 Å². The lowest BCUT2D eigenvalue weighted by molar-refractivity contribution is 0.0503. The number of anilines is 1. The van der Waals surface area contributed by atoms with E-state index in [4.69, 9.17) is 5.90 Å². The van der Waals surface area contributed by atoms with Gasteiger partial charge in [-0.3, -0.25) is 9.71 Å². The Morgan fingerprint density at radius 3 is 2.46 bits per heavy atom. The van der Waals surface area contributed by atoms with Crippen molar-refractivity contribution in [2.45, 2.75) is 4.90 Å². The summed E-state index contributed by atoms with van der Waals surface area (Å²) in [6.45, 7) is 0.